The number of halogens is 4. The van der Waals surface area contributed by atoms with Gasteiger partial charge in [0.15, 0.2) is 0 Å². The van der Waals surface area contributed by atoms with E-state index in [0.29, 0.717) is 11.4 Å². The lowest BCUT2D eigenvalue weighted by atomic mass is 10.1. The van der Waals surface area contributed by atoms with Gasteiger partial charge >= 0.3 is 0 Å². The number of hydrogen-bond donors (Lipinski definition) is 1. The molecule has 104 valence electrons. The summed E-state index contributed by atoms with van der Waals surface area (Å²) in [6.07, 6.45) is 0. The van der Waals surface area contributed by atoms with Gasteiger partial charge in [0.1, 0.15) is 5.82 Å². The number of carbonyl (C=O) groups excluding carboxylic acids is 1. The van der Waals surface area contributed by atoms with Crippen LogP contribution in [0.2, 0.25) is 10.0 Å². The monoisotopic (exact) mass is 331 g/mol. The summed E-state index contributed by atoms with van der Waals surface area (Å²) >= 11 is 17.4. The van der Waals surface area contributed by atoms with Crippen molar-refractivity contribution < 1.29 is 9.18 Å². The van der Waals surface area contributed by atoms with Crippen LogP contribution in [-0.4, -0.2) is 5.91 Å². The number of hydrogen-bond acceptors (Lipinski definition) is 1. The molecule has 0 heterocycles. The first kappa shape index (κ1) is 15.1. The van der Waals surface area contributed by atoms with E-state index in [2.05, 4.69) is 5.32 Å². The molecule has 2 aromatic rings. The zero-order valence-electron chi connectivity index (χ0n) is 10.1. The molecular weight excluding hydrogens is 324 g/mol. The van der Waals surface area contributed by atoms with Crippen LogP contribution < -0.4 is 5.32 Å². The summed E-state index contributed by atoms with van der Waals surface area (Å²) in [5, 5.41) is 2.64. The van der Waals surface area contributed by atoms with Crippen LogP contribution in [-0.2, 0) is 5.88 Å². The molecule has 0 aromatic heterocycles. The minimum Gasteiger partial charge on any atom is -0.319 e. The van der Waals surface area contributed by atoms with E-state index >= 15 is 0 Å². The zero-order chi connectivity index (χ0) is 14.7. The summed E-state index contributed by atoms with van der Waals surface area (Å²) in [6.45, 7) is 0. The van der Waals surface area contributed by atoms with E-state index in [4.69, 9.17) is 34.8 Å². The number of benzene rings is 2. The summed E-state index contributed by atoms with van der Waals surface area (Å²) in [5.41, 5.74) is 1.51. The number of anilines is 1. The van der Waals surface area contributed by atoms with Crippen molar-refractivity contribution in [1.29, 1.82) is 0 Å². The fraction of sp³-hybridized carbons (Fsp3) is 0.0714. The lowest BCUT2D eigenvalue weighted by Gasteiger charge is -2.09. The maximum Gasteiger partial charge on any atom is 0.255 e. The Morgan fingerprint density at radius 1 is 1.10 bits per heavy atom. The highest BCUT2D eigenvalue weighted by molar-refractivity contribution is 6.40. The van der Waals surface area contributed by atoms with Gasteiger partial charge < -0.3 is 5.32 Å². The quantitative estimate of drug-likeness (QED) is 0.776. The molecule has 20 heavy (non-hydrogen) atoms. The van der Waals surface area contributed by atoms with Gasteiger partial charge in [-0.15, -0.1) is 11.6 Å². The van der Waals surface area contributed by atoms with Crippen LogP contribution in [0.15, 0.2) is 36.4 Å². The van der Waals surface area contributed by atoms with E-state index in [-0.39, 0.29) is 21.6 Å². The van der Waals surface area contributed by atoms with Gasteiger partial charge in [0.2, 0.25) is 0 Å². The Bertz CT molecular complexity index is 620. The average Bonchev–Trinajstić information content (AvgIpc) is 2.42. The molecule has 0 aliphatic heterocycles. The molecule has 0 saturated heterocycles. The molecule has 0 aliphatic rings. The molecular formula is C14H9Cl3FNO. The molecule has 0 saturated carbocycles. The fourth-order valence-electron chi connectivity index (χ4n) is 1.59. The number of rotatable bonds is 3. The smallest absolute Gasteiger partial charge is 0.255 e. The second-order valence-electron chi connectivity index (χ2n) is 4.03. The number of amides is 1. The summed E-state index contributed by atoms with van der Waals surface area (Å²) in [6, 6.07) is 8.93. The standard InChI is InChI=1S/C14H9Cl3FNO/c15-7-8-1-3-9(4-2-8)14(20)19-13-11(16)5-10(18)6-12(13)17/h1-6H,7H2,(H,19,20). The third-order valence-corrected chi connectivity index (χ3v) is 3.52. The molecule has 0 aliphatic carbocycles. The van der Waals surface area contributed by atoms with E-state index in [9.17, 15) is 9.18 Å². The third-order valence-electron chi connectivity index (χ3n) is 2.62. The Hall–Kier alpha value is -1.29. The van der Waals surface area contributed by atoms with Crippen molar-refractivity contribution in [3.8, 4) is 0 Å². The zero-order valence-corrected chi connectivity index (χ0v) is 12.4. The Balaban J connectivity index is 2.23. The van der Waals surface area contributed by atoms with Crippen molar-refractivity contribution in [1.82, 2.24) is 0 Å². The largest absolute Gasteiger partial charge is 0.319 e. The minimum absolute atomic E-state index is 0.0423. The topological polar surface area (TPSA) is 29.1 Å². The predicted octanol–water partition coefficient (Wildman–Crippen LogP) is 5.12. The molecule has 2 aromatic carbocycles. The van der Waals surface area contributed by atoms with Crippen LogP contribution in [0.3, 0.4) is 0 Å². The fourth-order valence-corrected chi connectivity index (χ4v) is 2.33. The number of nitrogens with one attached hydrogen (secondary N) is 1. The van der Waals surface area contributed by atoms with Gasteiger partial charge in [-0.05, 0) is 29.8 Å². The molecule has 2 rings (SSSR count). The highest BCUT2D eigenvalue weighted by Gasteiger charge is 2.13. The minimum atomic E-state index is -0.565. The van der Waals surface area contributed by atoms with Crippen LogP contribution in [0.5, 0.6) is 0 Å². The first-order valence-electron chi connectivity index (χ1n) is 5.62. The second-order valence-corrected chi connectivity index (χ2v) is 5.11. The van der Waals surface area contributed by atoms with Crippen LogP contribution >= 0.6 is 34.8 Å². The third kappa shape index (κ3) is 3.42. The molecule has 6 heteroatoms. The Morgan fingerprint density at radius 3 is 2.15 bits per heavy atom. The van der Waals surface area contributed by atoms with Crippen molar-refractivity contribution in [3.05, 3.63) is 63.4 Å². The first-order chi connectivity index (χ1) is 9.51. The van der Waals surface area contributed by atoms with Gasteiger partial charge in [0, 0.05) is 11.4 Å². The van der Waals surface area contributed by atoms with Crippen LogP contribution in [0, 0.1) is 5.82 Å². The Labute approximate surface area is 130 Å². The molecule has 0 spiro atoms. The van der Waals surface area contributed by atoms with Crippen molar-refractivity contribution >= 4 is 46.4 Å². The molecule has 0 radical (unpaired) electrons. The molecule has 2 nitrogen and oxygen atoms in total. The number of alkyl halides is 1. The lowest BCUT2D eigenvalue weighted by Crippen LogP contribution is -2.12. The summed E-state index contributed by atoms with van der Waals surface area (Å²) in [7, 11) is 0. The maximum absolute atomic E-state index is 13.1. The molecule has 0 bridgehead atoms. The van der Waals surface area contributed by atoms with Gasteiger partial charge in [-0.2, -0.15) is 0 Å². The number of carbonyl (C=O) groups is 1. The van der Waals surface area contributed by atoms with Gasteiger partial charge in [-0.3, -0.25) is 4.79 Å². The highest BCUT2D eigenvalue weighted by atomic mass is 35.5. The molecule has 1 amide bonds. The normalized spacial score (nSPS) is 10.4. The van der Waals surface area contributed by atoms with Crippen molar-refractivity contribution in [2.45, 2.75) is 5.88 Å². The first-order valence-corrected chi connectivity index (χ1v) is 6.91. The SMILES string of the molecule is O=C(Nc1c(Cl)cc(F)cc1Cl)c1ccc(CCl)cc1. The van der Waals surface area contributed by atoms with E-state index in [0.717, 1.165) is 17.7 Å². The van der Waals surface area contributed by atoms with Crippen LogP contribution in [0.4, 0.5) is 10.1 Å². The van der Waals surface area contributed by atoms with Crippen LogP contribution in [0.1, 0.15) is 15.9 Å². The van der Waals surface area contributed by atoms with Gasteiger partial charge in [-0.1, -0.05) is 35.3 Å². The Kier molecular flexibility index (Phi) is 4.86. The van der Waals surface area contributed by atoms with Crippen LogP contribution in [0.25, 0.3) is 0 Å². The van der Waals surface area contributed by atoms with Gasteiger partial charge in [0.25, 0.3) is 5.91 Å². The van der Waals surface area contributed by atoms with Gasteiger partial charge in [0.05, 0.1) is 15.7 Å². The molecule has 0 atom stereocenters. The van der Waals surface area contributed by atoms with Crippen molar-refractivity contribution in [2.75, 3.05) is 5.32 Å². The van der Waals surface area contributed by atoms with E-state index in [1.165, 1.54) is 0 Å². The van der Waals surface area contributed by atoms with E-state index in [1.807, 2.05) is 0 Å². The van der Waals surface area contributed by atoms with Crippen molar-refractivity contribution in [2.24, 2.45) is 0 Å². The summed E-state index contributed by atoms with van der Waals surface area (Å²) in [5.74, 6) is -0.580. The second kappa shape index (κ2) is 6.44. The summed E-state index contributed by atoms with van der Waals surface area (Å²) < 4.78 is 13.1. The highest BCUT2D eigenvalue weighted by Crippen LogP contribution is 2.31. The predicted molar refractivity (Wildman–Crippen MR) is 80.4 cm³/mol. The van der Waals surface area contributed by atoms with Gasteiger partial charge in [-0.25, -0.2) is 4.39 Å². The summed E-state index contributed by atoms with van der Waals surface area (Å²) in [4.78, 5) is 12.0. The van der Waals surface area contributed by atoms with E-state index < -0.39 is 5.82 Å². The molecule has 1 N–H and O–H groups in total. The van der Waals surface area contributed by atoms with E-state index in [1.54, 1.807) is 24.3 Å². The Morgan fingerprint density at radius 2 is 1.65 bits per heavy atom. The molecule has 0 unspecified atom stereocenters. The maximum atomic E-state index is 13.1. The van der Waals surface area contributed by atoms with Crippen molar-refractivity contribution in [3.63, 3.8) is 0 Å². The molecule has 0 fully saturated rings. The average molecular weight is 333 g/mol. The lowest BCUT2D eigenvalue weighted by molar-refractivity contribution is 0.102.